The molecule has 1 aromatic carbocycles. The standard InChI is InChI=1S/C21H30N2O5S/c1-13(2)15(11-22-20(25)28-21(3,4)5)23-12-27-17-14-9-7-8-10-16(14)29-18(17)19(24)26-6/h7-10,13,15,23H,11-12H2,1-6H3,(H,22,25). The average Bonchev–Trinajstić information content (AvgIpc) is 3.00. The highest BCUT2D eigenvalue weighted by molar-refractivity contribution is 7.21. The molecule has 160 valence electrons. The summed E-state index contributed by atoms with van der Waals surface area (Å²) in [6.45, 7) is 10.1. The summed E-state index contributed by atoms with van der Waals surface area (Å²) < 4.78 is 17.1. The number of thiophene rings is 1. The van der Waals surface area contributed by atoms with E-state index >= 15 is 0 Å². The van der Waals surface area contributed by atoms with Gasteiger partial charge in [0.05, 0.1) is 7.11 Å². The van der Waals surface area contributed by atoms with Crippen LogP contribution in [0.25, 0.3) is 10.1 Å². The molecule has 0 aliphatic rings. The Kier molecular flexibility index (Phi) is 7.87. The lowest BCUT2D eigenvalue weighted by Crippen LogP contribution is -2.46. The van der Waals surface area contributed by atoms with E-state index in [0.717, 1.165) is 10.1 Å². The highest BCUT2D eigenvalue weighted by atomic mass is 32.1. The highest BCUT2D eigenvalue weighted by Crippen LogP contribution is 2.38. The van der Waals surface area contributed by atoms with Crippen LogP contribution >= 0.6 is 11.3 Å². The van der Waals surface area contributed by atoms with Crippen molar-refractivity contribution in [1.82, 2.24) is 10.6 Å². The molecule has 2 aromatic rings. The first-order chi connectivity index (χ1) is 13.6. The van der Waals surface area contributed by atoms with Crippen molar-refractivity contribution >= 4 is 33.5 Å². The Bertz CT molecular complexity index is 841. The molecule has 29 heavy (non-hydrogen) atoms. The zero-order valence-corrected chi connectivity index (χ0v) is 18.6. The third kappa shape index (κ3) is 6.61. The van der Waals surface area contributed by atoms with E-state index in [9.17, 15) is 9.59 Å². The summed E-state index contributed by atoms with van der Waals surface area (Å²) in [6.07, 6.45) is -0.456. The molecule has 0 saturated carbocycles. The van der Waals surface area contributed by atoms with Crippen molar-refractivity contribution in [2.75, 3.05) is 20.4 Å². The first kappa shape index (κ1) is 23.0. The molecule has 0 saturated heterocycles. The van der Waals surface area contributed by atoms with E-state index in [1.165, 1.54) is 18.4 Å². The molecule has 1 unspecified atom stereocenters. The van der Waals surface area contributed by atoms with Crippen molar-refractivity contribution in [3.63, 3.8) is 0 Å². The maximum atomic E-state index is 12.1. The molecule has 1 atom stereocenters. The summed E-state index contributed by atoms with van der Waals surface area (Å²) in [5.41, 5.74) is -0.543. The minimum atomic E-state index is -0.543. The minimum absolute atomic E-state index is 0.0333. The van der Waals surface area contributed by atoms with Crippen molar-refractivity contribution in [1.29, 1.82) is 0 Å². The van der Waals surface area contributed by atoms with Gasteiger partial charge < -0.3 is 19.5 Å². The molecule has 0 aliphatic carbocycles. The van der Waals surface area contributed by atoms with E-state index in [1.807, 2.05) is 58.9 Å². The van der Waals surface area contributed by atoms with Gasteiger partial charge in [-0.15, -0.1) is 11.3 Å². The number of alkyl carbamates (subject to hydrolysis) is 1. The van der Waals surface area contributed by atoms with Gasteiger partial charge in [0.2, 0.25) is 0 Å². The third-order valence-corrected chi connectivity index (χ3v) is 5.28. The Morgan fingerprint density at radius 3 is 2.48 bits per heavy atom. The lowest BCUT2D eigenvalue weighted by molar-refractivity contribution is 0.0514. The summed E-state index contributed by atoms with van der Waals surface area (Å²) >= 11 is 1.34. The van der Waals surface area contributed by atoms with Crippen LogP contribution in [-0.4, -0.2) is 44.1 Å². The van der Waals surface area contributed by atoms with Gasteiger partial charge in [-0.1, -0.05) is 26.0 Å². The monoisotopic (exact) mass is 422 g/mol. The van der Waals surface area contributed by atoms with Crippen molar-refractivity contribution < 1.29 is 23.8 Å². The van der Waals surface area contributed by atoms with E-state index in [2.05, 4.69) is 10.6 Å². The van der Waals surface area contributed by atoms with Crippen LogP contribution in [0.3, 0.4) is 0 Å². The van der Waals surface area contributed by atoms with Crippen LogP contribution in [0.4, 0.5) is 4.79 Å². The zero-order chi connectivity index (χ0) is 21.6. The molecule has 0 fully saturated rings. The van der Waals surface area contributed by atoms with Gasteiger partial charge in [-0.2, -0.15) is 0 Å². The third-order valence-electron chi connectivity index (χ3n) is 4.15. The van der Waals surface area contributed by atoms with Crippen molar-refractivity contribution in [3.8, 4) is 5.75 Å². The molecule has 0 bridgehead atoms. The second-order valence-corrected chi connectivity index (χ2v) is 9.03. The normalized spacial score (nSPS) is 12.7. The number of carbonyl (C=O) groups is 2. The smallest absolute Gasteiger partial charge is 0.407 e. The lowest BCUT2D eigenvalue weighted by Gasteiger charge is -2.25. The summed E-state index contributed by atoms with van der Waals surface area (Å²) in [6, 6.07) is 7.64. The van der Waals surface area contributed by atoms with Crippen molar-refractivity contribution in [3.05, 3.63) is 29.1 Å². The van der Waals surface area contributed by atoms with Gasteiger partial charge in [0.1, 0.15) is 12.3 Å². The largest absolute Gasteiger partial charge is 0.476 e. The second kappa shape index (κ2) is 9.93. The van der Waals surface area contributed by atoms with E-state index in [4.69, 9.17) is 14.2 Å². The number of fused-ring (bicyclic) bond motifs is 1. The molecule has 1 aromatic heterocycles. The molecule has 0 spiro atoms. The van der Waals surface area contributed by atoms with Crippen molar-refractivity contribution in [2.45, 2.75) is 46.3 Å². The zero-order valence-electron chi connectivity index (χ0n) is 17.8. The minimum Gasteiger partial charge on any atom is -0.476 e. The van der Waals surface area contributed by atoms with Gasteiger partial charge in [-0.3, -0.25) is 5.32 Å². The number of amides is 1. The number of methoxy groups -OCH3 is 1. The molecular weight excluding hydrogens is 392 g/mol. The fourth-order valence-electron chi connectivity index (χ4n) is 2.66. The van der Waals surface area contributed by atoms with Crippen LogP contribution in [0.1, 0.15) is 44.3 Å². The number of ether oxygens (including phenoxy) is 3. The molecule has 7 nitrogen and oxygen atoms in total. The van der Waals surface area contributed by atoms with Gasteiger partial charge >= 0.3 is 12.1 Å². The number of rotatable bonds is 8. The van der Waals surface area contributed by atoms with Crippen LogP contribution in [0.5, 0.6) is 5.75 Å². The second-order valence-electron chi connectivity index (χ2n) is 7.97. The Labute approximate surface area is 175 Å². The molecule has 8 heteroatoms. The molecule has 2 rings (SSSR count). The highest BCUT2D eigenvalue weighted by Gasteiger charge is 2.22. The van der Waals surface area contributed by atoms with E-state index < -0.39 is 17.7 Å². The van der Waals surface area contributed by atoms with Gasteiger partial charge in [0.15, 0.2) is 10.6 Å². The number of benzene rings is 1. The van der Waals surface area contributed by atoms with Gasteiger partial charge in [-0.25, -0.2) is 9.59 Å². The quantitative estimate of drug-likeness (QED) is 0.491. The fraction of sp³-hybridized carbons (Fsp3) is 0.524. The fourth-order valence-corrected chi connectivity index (χ4v) is 3.73. The number of nitrogens with one attached hydrogen (secondary N) is 2. The SMILES string of the molecule is COC(=O)c1sc2ccccc2c1OCNC(CNC(=O)OC(C)(C)C)C(C)C. The summed E-state index contributed by atoms with van der Waals surface area (Å²) in [4.78, 5) is 24.5. The first-order valence-corrected chi connectivity index (χ1v) is 10.4. The molecule has 1 amide bonds. The van der Waals surface area contributed by atoms with Gasteiger partial charge in [-0.05, 0) is 38.8 Å². The maximum Gasteiger partial charge on any atom is 0.407 e. The summed E-state index contributed by atoms with van der Waals surface area (Å²) in [5.74, 6) is 0.327. The van der Waals surface area contributed by atoms with Gasteiger partial charge in [0.25, 0.3) is 0 Å². The molecule has 1 heterocycles. The molecule has 0 aliphatic heterocycles. The van der Waals surface area contributed by atoms with Crippen molar-refractivity contribution in [2.24, 2.45) is 5.92 Å². The predicted molar refractivity (Wildman–Crippen MR) is 115 cm³/mol. The van der Waals surface area contributed by atoms with Gasteiger partial charge in [0, 0.05) is 22.7 Å². The van der Waals surface area contributed by atoms with E-state index in [1.54, 1.807) is 0 Å². The van der Waals surface area contributed by atoms with Crippen LogP contribution in [0.2, 0.25) is 0 Å². The Morgan fingerprint density at radius 2 is 1.86 bits per heavy atom. The van der Waals surface area contributed by atoms with Crippen LogP contribution in [0.15, 0.2) is 24.3 Å². The number of carbonyl (C=O) groups excluding carboxylic acids is 2. The van der Waals surface area contributed by atoms with Crippen LogP contribution in [0, 0.1) is 5.92 Å². The number of esters is 1. The van der Waals surface area contributed by atoms with Crippen LogP contribution < -0.4 is 15.4 Å². The summed E-state index contributed by atoms with van der Waals surface area (Å²) in [5, 5.41) is 6.93. The predicted octanol–water partition coefficient (Wildman–Crippen LogP) is 4.16. The molecular formula is C21H30N2O5S. The Hall–Kier alpha value is -2.32. The maximum absolute atomic E-state index is 12.1. The number of hydrogen-bond donors (Lipinski definition) is 2. The summed E-state index contributed by atoms with van der Waals surface area (Å²) in [7, 11) is 1.35. The first-order valence-electron chi connectivity index (χ1n) is 9.55. The molecule has 0 radical (unpaired) electrons. The van der Waals surface area contributed by atoms with Crippen LogP contribution in [-0.2, 0) is 9.47 Å². The van der Waals surface area contributed by atoms with E-state index in [-0.39, 0.29) is 18.7 Å². The topological polar surface area (TPSA) is 85.9 Å². The molecule has 2 N–H and O–H groups in total. The van der Waals surface area contributed by atoms with E-state index in [0.29, 0.717) is 17.2 Å². The number of hydrogen-bond acceptors (Lipinski definition) is 7. The lowest BCUT2D eigenvalue weighted by atomic mass is 10.1. The average molecular weight is 423 g/mol. The Morgan fingerprint density at radius 1 is 1.17 bits per heavy atom. The Balaban J connectivity index is 2.01.